The zero-order valence-corrected chi connectivity index (χ0v) is 12.5. The fraction of sp³-hybridized carbons (Fsp3) is 0.267. The lowest BCUT2D eigenvalue weighted by atomic mass is 10.2. The highest BCUT2D eigenvalue weighted by Crippen LogP contribution is 2.26. The molecule has 1 aromatic heterocycles. The van der Waals surface area contributed by atoms with Gasteiger partial charge in [-0.3, -0.25) is 4.79 Å². The van der Waals surface area contributed by atoms with Crippen molar-refractivity contribution >= 4 is 23.2 Å². The number of carbonyl (C=O) groups is 2. The molecule has 2 heterocycles. The van der Waals surface area contributed by atoms with Crippen LogP contribution in [0, 0.1) is 0 Å². The van der Waals surface area contributed by atoms with Crippen molar-refractivity contribution in [2.75, 3.05) is 19.8 Å². The molecule has 114 valence electrons. The van der Waals surface area contributed by atoms with Crippen LogP contribution >= 0.6 is 11.3 Å². The molecule has 3 rings (SSSR count). The number of aliphatic carboxylic acids is 1. The van der Waals surface area contributed by atoms with Crippen molar-refractivity contribution in [1.29, 1.82) is 0 Å². The molecule has 6 nitrogen and oxygen atoms in total. The Labute approximate surface area is 131 Å². The van der Waals surface area contributed by atoms with Crippen LogP contribution in [0.1, 0.15) is 9.67 Å². The van der Waals surface area contributed by atoms with Crippen molar-refractivity contribution in [2.24, 2.45) is 0 Å². The van der Waals surface area contributed by atoms with E-state index in [0.29, 0.717) is 11.5 Å². The lowest BCUT2D eigenvalue weighted by Crippen LogP contribution is -2.52. The minimum Gasteiger partial charge on any atom is -0.480 e. The molecule has 2 aromatic rings. The third-order valence-electron chi connectivity index (χ3n) is 3.41. The van der Waals surface area contributed by atoms with Crippen molar-refractivity contribution in [3.63, 3.8) is 0 Å². The largest absolute Gasteiger partial charge is 0.480 e. The predicted molar refractivity (Wildman–Crippen MR) is 80.8 cm³/mol. The van der Waals surface area contributed by atoms with Crippen molar-refractivity contribution in [1.82, 2.24) is 9.88 Å². The summed E-state index contributed by atoms with van der Waals surface area (Å²) in [7, 11) is 0. The van der Waals surface area contributed by atoms with Gasteiger partial charge >= 0.3 is 5.97 Å². The molecule has 1 amide bonds. The molecule has 1 aliphatic rings. The molecular weight excluding hydrogens is 304 g/mol. The molecule has 0 aliphatic carbocycles. The average Bonchev–Trinajstić information content (AvgIpc) is 3.05. The van der Waals surface area contributed by atoms with Crippen LogP contribution in [0.2, 0.25) is 0 Å². The summed E-state index contributed by atoms with van der Waals surface area (Å²) in [6.45, 7) is 0.639. The van der Waals surface area contributed by atoms with E-state index in [1.54, 1.807) is 0 Å². The van der Waals surface area contributed by atoms with E-state index in [1.165, 1.54) is 22.4 Å². The van der Waals surface area contributed by atoms with Crippen molar-refractivity contribution < 1.29 is 19.4 Å². The Bertz CT molecular complexity index is 686. The van der Waals surface area contributed by atoms with Crippen LogP contribution in [0.4, 0.5) is 0 Å². The molecule has 1 saturated heterocycles. The van der Waals surface area contributed by atoms with Crippen molar-refractivity contribution in [2.45, 2.75) is 6.04 Å². The first-order valence-electron chi connectivity index (χ1n) is 6.79. The number of hydrogen-bond acceptors (Lipinski definition) is 5. The molecule has 1 N–H and O–H groups in total. The number of thiazole rings is 1. The van der Waals surface area contributed by atoms with E-state index in [2.05, 4.69) is 4.98 Å². The molecule has 0 spiro atoms. The van der Waals surface area contributed by atoms with Gasteiger partial charge in [-0.25, -0.2) is 9.78 Å². The van der Waals surface area contributed by atoms with Gasteiger partial charge in [0.1, 0.15) is 9.88 Å². The molecule has 1 aliphatic heterocycles. The molecule has 1 fully saturated rings. The van der Waals surface area contributed by atoms with E-state index in [0.717, 1.165) is 10.6 Å². The maximum atomic E-state index is 12.5. The highest BCUT2D eigenvalue weighted by atomic mass is 32.1. The second-order valence-electron chi connectivity index (χ2n) is 4.82. The number of aromatic nitrogens is 1. The molecule has 1 atom stereocenters. The summed E-state index contributed by atoms with van der Waals surface area (Å²) in [6.07, 6.45) is 1.50. The molecule has 1 aromatic carbocycles. The minimum absolute atomic E-state index is 0.0193. The molecule has 7 heteroatoms. The Kier molecular flexibility index (Phi) is 4.17. The summed E-state index contributed by atoms with van der Waals surface area (Å²) in [5, 5.41) is 9.94. The first kappa shape index (κ1) is 14.7. The molecule has 0 radical (unpaired) electrons. The van der Waals surface area contributed by atoms with E-state index in [9.17, 15) is 14.7 Å². The Balaban J connectivity index is 1.83. The summed E-state index contributed by atoms with van der Waals surface area (Å²) >= 11 is 1.27. The Morgan fingerprint density at radius 3 is 2.82 bits per heavy atom. The van der Waals surface area contributed by atoms with Crippen molar-refractivity contribution in [3.8, 4) is 10.6 Å². The second kappa shape index (κ2) is 6.25. The summed E-state index contributed by atoms with van der Waals surface area (Å²) in [6, 6.07) is 8.61. The number of carbonyl (C=O) groups excluding carboxylic acids is 1. The number of carboxylic acids is 1. The van der Waals surface area contributed by atoms with Crippen LogP contribution in [-0.2, 0) is 9.53 Å². The van der Waals surface area contributed by atoms with Crippen LogP contribution in [0.5, 0.6) is 0 Å². The van der Waals surface area contributed by atoms with Crippen molar-refractivity contribution in [3.05, 3.63) is 41.4 Å². The van der Waals surface area contributed by atoms with Crippen LogP contribution in [0.3, 0.4) is 0 Å². The van der Waals surface area contributed by atoms with Gasteiger partial charge in [0.2, 0.25) is 0 Å². The number of ether oxygens (including phenoxy) is 1. The lowest BCUT2D eigenvalue weighted by Gasteiger charge is -2.32. The summed E-state index contributed by atoms with van der Waals surface area (Å²) in [4.78, 5) is 29.8. The topological polar surface area (TPSA) is 79.7 Å². The number of carboxylic acid groups (broad SMARTS) is 1. The van der Waals surface area contributed by atoms with Gasteiger partial charge in [-0.1, -0.05) is 30.3 Å². The Hall–Kier alpha value is -2.25. The first-order valence-corrected chi connectivity index (χ1v) is 7.61. The summed E-state index contributed by atoms with van der Waals surface area (Å²) < 4.78 is 5.15. The third-order valence-corrected chi connectivity index (χ3v) is 4.45. The monoisotopic (exact) mass is 318 g/mol. The molecular formula is C15H14N2O4S. The van der Waals surface area contributed by atoms with Gasteiger partial charge < -0.3 is 14.7 Å². The van der Waals surface area contributed by atoms with Gasteiger partial charge in [-0.15, -0.1) is 11.3 Å². The van der Waals surface area contributed by atoms with Gasteiger partial charge in [0.15, 0.2) is 6.04 Å². The van der Waals surface area contributed by atoms with E-state index >= 15 is 0 Å². The minimum atomic E-state index is -1.05. The lowest BCUT2D eigenvalue weighted by molar-refractivity contribution is -0.147. The maximum Gasteiger partial charge on any atom is 0.328 e. The van der Waals surface area contributed by atoms with Crippen LogP contribution in [0.25, 0.3) is 10.6 Å². The summed E-state index contributed by atoms with van der Waals surface area (Å²) in [5.74, 6) is -1.36. The highest BCUT2D eigenvalue weighted by molar-refractivity contribution is 7.16. The highest BCUT2D eigenvalue weighted by Gasteiger charge is 2.34. The molecule has 0 saturated carbocycles. The Morgan fingerprint density at radius 2 is 2.09 bits per heavy atom. The third kappa shape index (κ3) is 2.86. The first-order chi connectivity index (χ1) is 10.7. The zero-order valence-electron chi connectivity index (χ0n) is 11.6. The standard InChI is InChI=1S/C15H14N2O4S/c18-14(17-6-7-21-9-11(17)15(19)20)12-8-16-13(22-12)10-4-2-1-3-5-10/h1-5,8,11H,6-7,9H2,(H,19,20)/t11-/m1/s1. The van der Waals surface area contributed by atoms with E-state index in [-0.39, 0.29) is 19.1 Å². The molecule has 0 bridgehead atoms. The number of benzene rings is 1. The average molecular weight is 318 g/mol. The predicted octanol–water partition coefficient (Wildman–Crippen LogP) is 1.74. The number of rotatable bonds is 3. The van der Waals surface area contributed by atoms with Gasteiger partial charge in [0.05, 0.1) is 19.4 Å². The second-order valence-corrected chi connectivity index (χ2v) is 5.85. The smallest absolute Gasteiger partial charge is 0.328 e. The number of hydrogen-bond donors (Lipinski definition) is 1. The van der Waals surface area contributed by atoms with E-state index in [1.807, 2.05) is 30.3 Å². The normalized spacial score (nSPS) is 18.2. The van der Waals surface area contributed by atoms with E-state index in [4.69, 9.17) is 4.74 Å². The SMILES string of the molecule is O=C(O)[C@H]1COCCN1C(=O)c1cnc(-c2ccccc2)s1. The van der Waals surface area contributed by atoms with E-state index < -0.39 is 12.0 Å². The number of nitrogens with zero attached hydrogens (tertiary/aromatic N) is 2. The molecule has 22 heavy (non-hydrogen) atoms. The number of amides is 1. The van der Waals surface area contributed by atoms with Gasteiger partial charge in [-0.05, 0) is 0 Å². The van der Waals surface area contributed by atoms with Gasteiger partial charge in [0, 0.05) is 12.1 Å². The van der Waals surface area contributed by atoms with Gasteiger partial charge in [-0.2, -0.15) is 0 Å². The summed E-state index contributed by atoms with van der Waals surface area (Å²) in [5.41, 5.74) is 0.934. The fourth-order valence-corrected chi connectivity index (χ4v) is 3.16. The quantitative estimate of drug-likeness (QED) is 0.932. The van der Waals surface area contributed by atoms with Gasteiger partial charge in [0.25, 0.3) is 5.91 Å². The Morgan fingerprint density at radius 1 is 1.32 bits per heavy atom. The maximum absolute atomic E-state index is 12.5. The van der Waals surface area contributed by atoms with Crippen LogP contribution in [0.15, 0.2) is 36.5 Å². The fourth-order valence-electron chi connectivity index (χ4n) is 2.28. The number of morpholine rings is 1. The zero-order chi connectivity index (χ0) is 15.5. The van der Waals surface area contributed by atoms with Crippen LogP contribution < -0.4 is 0 Å². The molecule has 0 unspecified atom stereocenters. The van der Waals surface area contributed by atoms with Crippen LogP contribution in [-0.4, -0.2) is 52.7 Å².